The van der Waals surface area contributed by atoms with Gasteiger partial charge in [0.2, 0.25) is 11.1 Å². The molecule has 2 aromatic rings. The third kappa shape index (κ3) is 5.81. The zero-order valence-corrected chi connectivity index (χ0v) is 22.2. The molecule has 4 heterocycles. The summed E-state index contributed by atoms with van der Waals surface area (Å²) in [5.41, 5.74) is -1.73. The summed E-state index contributed by atoms with van der Waals surface area (Å²) in [4.78, 5) is 40.2. The molecular weight excluding hydrogens is 571 g/mol. The minimum atomic E-state index is -4.47. The number of fused-ring (bicyclic) bond motifs is 1. The topological polar surface area (TPSA) is 217 Å². The number of thiophene rings is 1. The number of aromatic nitrogens is 4. The van der Waals surface area contributed by atoms with Crippen LogP contribution < -0.4 is 10.0 Å². The molecule has 0 aromatic carbocycles. The number of aromatic amines is 1. The predicted molar refractivity (Wildman–Crippen MR) is 132 cm³/mol. The number of aliphatic carboxylic acids is 1. The predicted octanol–water partition coefficient (Wildman–Crippen LogP) is -0.540. The fraction of sp³-hybridized carbons (Fsp3) is 0.444. The zero-order valence-electron chi connectivity index (χ0n) is 19.0. The number of H-pyrrole nitrogens is 1. The molecule has 5 N–H and O–H groups in total. The minimum Gasteiger partial charge on any atom is -0.477 e. The standard InChI is InChI=1S/C18H21N7O8S4/c1-33-18(20-12(26)7-9-3-2-6-34-9)15(29)25-13(14(27)28)10(8-35-16(18)25)11(4-5-19-37(30,31)32)36-17-21-23-24-22-17/h2-3,6,11,16,19H,4-5,7-8H2,1H3,(H,20,26)(H,27,28)(H,30,31,32)(H,21,22,23,24)/t11?,16-,18-/m0/s1. The van der Waals surface area contributed by atoms with Crippen LogP contribution in [0, 0.1) is 0 Å². The zero-order chi connectivity index (χ0) is 26.8. The second-order valence-electron chi connectivity index (χ2n) is 7.73. The summed E-state index contributed by atoms with van der Waals surface area (Å²) in [7, 11) is -3.21. The van der Waals surface area contributed by atoms with Crippen molar-refractivity contribution in [2.75, 3.05) is 19.4 Å². The third-order valence-corrected chi connectivity index (χ3v) is 9.47. The fourth-order valence-electron chi connectivity index (χ4n) is 3.93. The van der Waals surface area contributed by atoms with E-state index in [1.54, 1.807) is 12.1 Å². The summed E-state index contributed by atoms with van der Waals surface area (Å²) >= 11 is 3.62. The number of rotatable bonds is 12. The Morgan fingerprint density at radius 1 is 1.46 bits per heavy atom. The molecule has 0 spiro atoms. The lowest BCUT2D eigenvalue weighted by atomic mass is 9.96. The van der Waals surface area contributed by atoms with Gasteiger partial charge in [-0.3, -0.25) is 19.0 Å². The van der Waals surface area contributed by atoms with E-state index in [0.29, 0.717) is 5.57 Å². The van der Waals surface area contributed by atoms with E-state index in [-0.39, 0.29) is 36.0 Å². The normalized spacial score (nSPS) is 22.4. The van der Waals surface area contributed by atoms with Gasteiger partial charge in [0.05, 0.1) is 6.42 Å². The van der Waals surface area contributed by atoms with Gasteiger partial charge in [0, 0.05) is 29.5 Å². The molecule has 2 aromatic heterocycles. The number of methoxy groups -OCH3 is 1. The molecule has 37 heavy (non-hydrogen) atoms. The van der Waals surface area contributed by atoms with Crippen molar-refractivity contribution in [2.45, 2.75) is 34.3 Å². The van der Waals surface area contributed by atoms with Crippen molar-refractivity contribution in [3.63, 3.8) is 0 Å². The number of carbonyl (C=O) groups excluding carboxylic acids is 2. The molecule has 1 saturated heterocycles. The maximum Gasteiger partial charge on any atom is 0.352 e. The molecule has 0 saturated carbocycles. The van der Waals surface area contributed by atoms with Crippen LogP contribution in [0.2, 0.25) is 0 Å². The van der Waals surface area contributed by atoms with Crippen LogP contribution in [-0.4, -0.2) is 97.1 Å². The minimum absolute atomic E-state index is 0.0328. The number of nitrogens with zero attached hydrogens (tertiary/aromatic N) is 4. The first-order chi connectivity index (χ1) is 17.6. The number of hydrogen-bond donors (Lipinski definition) is 5. The molecule has 15 nitrogen and oxygen atoms in total. The van der Waals surface area contributed by atoms with E-state index in [1.807, 2.05) is 10.1 Å². The number of tetrazole rings is 1. The van der Waals surface area contributed by atoms with E-state index < -0.39 is 44.4 Å². The number of carboxylic acid groups (broad SMARTS) is 1. The molecule has 200 valence electrons. The third-order valence-electron chi connectivity index (χ3n) is 5.48. The number of amides is 2. The molecule has 2 amide bonds. The van der Waals surface area contributed by atoms with Crippen molar-refractivity contribution >= 4 is 62.9 Å². The summed E-state index contributed by atoms with van der Waals surface area (Å²) in [5.74, 6) is -2.46. The van der Waals surface area contributed by atoms with Crippen molar-refractivity contribution in [3.05, 3.63) is 33.7 Å². The molecule has 0 bridgehead atoms. The van der Waals surface area contributed by atoms with E-state index in [0.717, 1.165) is 21.5 Å². The summed E-state index contributed by atoms with van der Waals surface area (Å²) < 4.78 is 38.6. The Balaban J connectivity index is 1.60. The summed E-state index contributed by atoms with van der Waals surface area (Å²) in [6, 6.07) is 3.58. The lowest BCUT2D eigenvalue weighted by Gasteiger charge is -2.56. The quantitative estimate of drug-likeness (QED) is 0.0908. The number of hydrogen-bond acceptors (Lipinski definition) is 12. The fourth-order valence-corrected chi connectivity index (χ4v) is 7.65. The molecular formula is C18H21N7O8S4. The average Bonchev–Trinajstić information content (AvgIpc) is 3.54. The first-order valence-electron chi connectivity index (χ1n) is 10.5. The number of ether oxygens (including phenoxy) is 1. The summed E-state index contributed by atoms with van der Waals surface area (Å²) in [6.07, 6.45) is 0.0719. The smallest absolute Gasteiger partial charge is 0.352 e. The molecule has 3 atom stereocenters. The first-order valence-corrected chi connectivity index (χ1v) is 14.7. The molecule has 0 aliphatic carbocycles. The largest absolute Gasteiger partial charge is 0.477 e. The molecule has 4 rings (SSSR count). The number of β-lactam (4-membered cyclic amide) rings is 1. The van der Waals surface area contributed by atoms with Crippen LogP contribution in [0.5, 0.6) is 0 Å². The van der Waals surface area contributed by atoms with Crippen molar-refractivity contribution in [1.82, 2.24) is 35.6 Å². The lowest BCUT2D eigenvalue weighted by Crippen LogP contribution is -2.80. The van der Waals surface area contributed by atoms with E-state index in [1.165, 1.54) is 30.2 Å². The Bertz CT molecular complexity index is 1300. The van der Waals surface area contributed by atoms with Gasteiger partial charge in [0.1, 0.15) is 11.1 Å². The highest BCUT2D eigenvalue weighted by Crippen LogP contribution is 2.48. The van der Waals surface area contributed by atoms with Crippen LogP contribution in [0.3, 0.4) is 0 Å². The Kier molecular flexibility index (Phi) is 8.21. The van der Waals surface area contributed by atoms with Gasteiger partial charge < -0.3 is 15.2 Å². The maximum absolute atomic E-state index is 13.3. The summed E-state index contributed by atoms with van der Waals surface area (Å²) in [5, 5.41) is 26.5. The number of carbonyl (C=O) groups is 3. The van der Waals surface area contributed by atoms with Crippen LogP contribution in [-0.2, 0) is 35.8 Å². The molecule has 2 aliphatic heterocycles. The van der Waals surface area contributed by atoms with Gasteiger partial charge in [0.25, 0.3) is 11.6 Å². The second-order valence-corrected chi connectivity index (χ2v) is 12.3. The SMILES string of the molecule is CO[C@@]1(NC(=O)Cc2cccs2)C(=O)N2C(C(=O)O)=C(C(CCNS(=O)(=O)O)Sc3nnn[nH]3)CS[C@H]21. The Labute approximate surface area is 222 Å². The Morgan fingerprint density at radius 3 is 2.84 bits per heavy atom. The first kappa shape index (κ1) is 27.5. The highest BCUT2D eigenvalue weighted by atomic mass is 32.2. The number of carboxylic acids is 1. The highest BCUT2D eigenvalue weighted by Gasteiger charge is 2.66. The average molecular weight is 592 g/mol. The van der Waals surface area contributed by atoms with Crippen LogP contribution >= 0.6 is 34.9 Å². The van der Waals surface area contributed by atoms with E-state index >= 15 is 0 Å². The van der Waals surface area contributed by atoms with Crippen molar-refractivity contribution < 1.29 is 37.2 Å². The van der Waals surface area contributed by atoms with Gasteiger partial charge in [-0.25, -0.2) is 9.89 Å². The van der Waals surface area contributed by atoms with Gasteiger partial charge in [-0.05, 0) is 33.9 Å². The highest BCUT2D eigenvalue weighted by molar-refractivity contribution is 8.01. The van der Waals surface area contributed by atoms with Crippen LogP contribution in [0.4, 0.5) is 0 Å². The Morgan fingerprint density at radius 2 is 2.24 bits per heavy atom. The van der Waals surface area contributed by atoms with Crippen molar-refractivity contribution in [3.8, 4) is 0 Å². The number of thioether (sulfide) groups is 2. The van der Waals surface area contributed by atoms with Crippen molar-refractivity contribution in [2.24, 2.45) is 0 Å². The van der Waals surface area contributed by atoms with Crippen molar-refractivity contribution in [1.29, 1.82) is 0 Å². The molecule has 1 fully saturated rings. The molecule has 1 unspecified atom stereocenters. The van der Waals surface area contributed by atoms with Crippen LogP contribution in [0.15, 0.2) is 33.9 Å². The van der Waals surface area contributed by atoms with E-state index in [9.17, 15) is 27.9 Å². The van der Waals surface area contributed by atoms with Gasteiger partial charge in [-0.15, -0.1) is 28.2 Å². The van der Waals surface area contributed by atoms with Gasteiger partial charge in [-0.2, -0.15) is 13.1 Å². The Hall–Kier alpha value is -2.55. The maximum atomic E-state index is 13.3. The number of nitrogens with one attached hydrogen (secondary N) is 3. The summed E-state index contributed by atoms with van der Waals surface area (Å²) in [6.45, 7) is -0.225. The van der Waals surface area contributed by atoms with Gasteiger partial charge in [-0.1, -0.05) is 17.8 Å². The van der Waals surface area contributed by atoms with Crippen LogP contribution in [0.25, 0.3) is 0 Å². The van der Waals surface area contributed by atoms with E-state index in [2.05, 4.69) is 25.9 Å². The lowest BCUT2D eigenvalue weighted by molar-refractivity contribution is -0.192. The van der Waals surface area contributed by atoms with E-state index in [4.69, 9.17) is 9.29 Å². The second kappa shape index (κ2) is 11.1. The molecule has 19 heteroatoms. The van der Waals surface area contributed by atoms with Crippen LogP contribution in [0.1, 0.15) is 11.3 Å². The van der Waals surface area contributed by atoms with Gasteiger partial charge >= 0.3 is 16.3 Å². The van der Waals surface area contributed by atoms with Gasteiger partial charge in [0.15, 0.2) is 0 Å². The monoisotopic (exact) mass is 591 g/mol. The molecule has 2 aliphatic rings. The molecule has 0 radical (unpaired) electrons.